The lowest BCUT2D eigenvalue weighted by atomic mass is 10.2. The lowest BCUT2D eigenvalue weighted by Crippen LogP contribution is -2.36. The van der Waals surface area contributed by atoms with Crippen LogP contribution in [0.5, 0.6) is 0 Å². The Hall–Kier alpha value is -0.330. The minimum absolute atomic E-state index is 0.107. The number of carbonyl (C=O) groups is 1. The molecule has 0 saturated heterocycles. The Morgan fingerprint density at radius 2 is 2.07 bits per heavy atom. The van der Waals surface area contributed by atoms with Gasteiger partial charge in [0.15, 0.2) is 0 Å². The summed E-state index contributed by atoms with van der Waals surface area (Å²) in [6, 6.07) is 0. The highest BCUT2D eigenvalue weighted by atomic mass is 35.5. The Balaban J connectivity index is 3.85. The summed E-state index contributed by atoms with van der Waals surface area (Å²) in [7, 11) is -3.26. The van der Waals surface area contributed by atoms with Crippen molar-refractivity contribution in [3.05, 3.63) is 0 Å². The first-order chi connectivity index (χ1) is 6.93. The number of sulfonamides is 1. The van der Waals surface area contributed by atoms with Crippen LogP contribution in [0.15, 0.2) is 0 Å². The van der Waals surface area contributed by atoms with Crippen molar-refractivity contribution in [2.45, 2.75) is 13.8 Å². The summed E-state index contributed by atoms with van der Waals surface area (Å²) >= 11 is 5.47. The predicted molar refractivity (Wildman–Crippen MR) is 60.4 cm³/mol. The Morgan fingerprint density at radius 1 is 1.47 bits per heavy atom. The van der Waals surface area contributed by atoms with Gasteiger partial charge in [-0.1, -0.05) is 13.8 Å². The van der Waals surface area contributed by atoms with Gasteiger partial charge in [-0.3, -0.25) is 4.79 Å². The first kappa shape index (κ1) is 14.7. The molecule has 90 valence electrons. The first-order valence-corrected chi connectivity index (χ1v) is 6.92. The van der Waals surface area contributed by atoms with Gasteiger partial charge >= 0.3 is 0 Å². The molecule has 1 amide bonds. The molecular formula is C8H17ClN2O3S. The van der Waals surface area contributed by atoms with Gasteiger partial charge in [0.2, 0.25) is 15.9 Å². The van der Waals surface area contributed by atoms with Gasteiger partial charge in [0.25, 0.3) is 0 Å². The molecule has 0 bridgehead atoms. The van der Waals surface area contributed by atoms with Crippen LogP contribution >= 0.6 is 11.6 Å². The van der Waals surface area contributed by atoms with E-state index in [2.05, 4.69) is 10.0 Å². The van der Waals surface area contributed by atoms with Gasteiger partial charge in [0, 0.05) is 24.9 Å². The number of nitrogens with one attached hydrogen (secondary N) is 2. The molecule has 0 aliphatic carbocycles. The largest absolute Gasteiger partial charge is 0.355 e. The Kier molecular flexibility index (Phi) is 6.87. The average molecular weight is 257 g/mol. The van der Waals surface area contributed by atoms with Gasteiger partial charge in [-0.25, -0.2) is 13.1 Å². The Morgan fingerprint density at radius 3 is 2.53 bits per heavy atom. The van der Waals surface area contributed by atoms with Crippen molar-refractivity contribution in [2.75, 3.05) is 24.7 Å². The van der Waals surface area contributed by atoms with E-state index in [1.54, 1.807) is 13.8 Å². The molecule has 15 heavy (non-hydrogen) atoms. The lowest BCUT2D eigenvalue weighted by molar-refractivity contribution is -0.123. The summed E-state index contributed by atoms with van der Waals surface area (Å²) in [6.07, 6.45) is 0. The fourth-order valence-electron chi connectivity index (χ4n) is 0.845. The molecule has 0 rings (SSSR count). The summed E-state index contributed by atoms with van der Waals surface area (Å²) in [4.78, 5) is 11.2. The third-order valence-corrected chi connectivity index (χ3v) is 3.65. The normalized spacial score (nSPS) is 13.5. The average Bonchev–Trinajstić information content (AvgIpc) is 2.15. The summed E-state index contributed by atoms with van der Waals surface area (Å²) in [6.45, 7) is 3.84. The minimum atomic E-state index is -3.26. The summed E-state index contributed by atoms with van der Waals surface area (Å²) in [5, 5.41) is 2.51. The van der Waals surface area contributed by atoms with Crippen LogP contribution in [0.2, 0.25) is 0 Å². The maximum absolute atomic E-state index is 11.2. The number of amides is 1. The van der Waals surface area contributed by atoms with E-state index in [0.717, 1.165) is 0 Å². The molecule has 0 aliphatic heterocycles. The fraction of sp³-hybridized carbons (Fsp3) is 0.875. The van der Waals surface area contributed by atoms with E-state index in [1.165, 1.54) is 0 Å². The summed E-state index contributed by atoms with van der Waals surface area (Å²) < 4.78 is 24.7. The Labute approximate surface area is 95.6 Å². The van der Waals surface area contributed by atoms with Crippen molar-refractivity contribution < 1.29 is 13.2 Å². The maximum Gasteiger partial charge on any atom is 0.224 e. The lowest BCUT2D eigenvalue weighted by Gasteiger charge is -2.09. The van der Waals surface area contributed by atoms with Gasteiger partial charge in [-0.15, -0.1) is 11.6 Å². The van der Waals surface area contributed by atoms with Crippen molar-refractivity contribution >= 4 is 27.5 Å². The molecule has 0 saturated carbocycles. The topological polar surface area (TPSA) is 75.3 Å². The van der Waals surface area contributed by atoms with Crippen molar-refractivity contribution in [1.82, 2.24) is 10.0 Å². The molecule has 0 spiro atoms. The van der Waals surface area contributed by atoms with Crippen LogP contribution in [-0.4, -0.2) is 39.0 Å². The van der Waals surface area contributed by atoms with E-state index in [4.69, 9.17) is 11.6 Å². The number of alkyl halides is 1. The van der Waals surface area contributed by atoms with Gasteiger partial charge < -0.3 is 5.32 Å². The smallest absolute Gasteiger partial charge is 0.224 e. The second-order valence-corrected chi connectivity index (χ2v) is 5.40. The molecule has 1 unspecified atom stereocenters. The van der Waals surface area contributed by atoms with Crippen LogP contribution in [0.1, 0.15) is 13.8 Å². The second-order valence-electron chi connectivity index (χ2n) is 3.16. The van der Waals surface area contributed by atoms with Gasteiger partial charge in [0.1, 0.15) is 0 Å². The molecule has 0 aromatic carbocycles. The molecule has 2 N–H and O–H groups in total. The highest BCUT2D eigenvalue weighted by Crippen LogP contribution is 1.96. The van der Waals surface area contributed by atoms with Crippen LogP contribution in [-0.2, 0) is 14.8 Å². The molecule has 0 fully saturated rings. The van der Waals surface area contributed by atoms with Gasteiger partial charge in [-0.2, -0.15) is 0 Å². The highest BCUT2D eigenvalue weighted by Gasteiger charge is 2.13. The monoisotopic (exact) mass is 256 g/mol. The number of rotatable bonds is 7. The fourth-order valence-corrected chi connectivity index (χ4v) is 1.94. The highest BCUT2D eigenvalue weighted by molar-refractivity contribution is 7.89. The zero-order chi connectivity index (χ0) is 11.9. The maximum atomic E-state index is 11.2. The zero-order valence-electron chi connectivity index (χ0n) is 8.92. The standard InChI is InChI=1S/C8H17ClN2O3S/c1-3-11-15(13,14)5-4-10-8(12)7(2)6-9/h7,11H,3-6H2,1-2H3,(H,10,12). The summed E-state index contributed by atoms with van der Waals surface area (Å²) in [5.41, 5.74) is 0. The molecule has 7 heteroatoms. The molecule has 1 atom stereocenters. The van der Waals surface area contributed by atoms with E-state index in [0.29, 0.717) is 6.54 Å². The molecule has 0 aromatic rings. The SMILES string of the molecule is CCNS(=O)(=O)CCNC(=O)C(C)CCl. The van der Waals surface area contributed by atoms with E-state index in [1.807, 2.05) is 0 Å². The Bertz CT molecular complexity index is 292. The van der Waals surface area contributed by atoms with E-state index in [-0.39, 0.29) is 30.0 Å². The molecule has 0 heterocycles. The summed E-state index contributed by atoms with van der Waals surface area (Å²) in [5.74, 6) is -0.405. The second kappa shape index (κ2) is 7.03. The van der Waals surface area contributed by atoms with E-state index in [9.17, 15) is 13.2 Å². The van der Waals surface area contributed by atoms with Gasteiger partial charge in [-0.05, 0) is 0 Å². The molecular weight excluding hydrogens is 240 g/mol. The molecule has 0 aliphatic rings. The third kappa shape index (κ3) is 6.70. The number of halogens is 1. The van der Waals surface area contributed by atoms with Gasteiger partial charge in [0.05, 0.1) is 5.75 Å². The van der Waals surface area contributed by atoms with Crippen molar-refractivity contribution in [3.8, 4) is 0 Å². The number of hydrogen-bond donors (Lipinski definition) is 2. The molecule has 0 radical (unpaired) electrons. The minimum Gasteiger partial charge on any atom is -0.355 e. The van der Waals surface area contributed by atoms with Crippen molar-refractivity contribution in [3.63, 3.8) is 0 Å². The first-order valence-electron chi connectivity index (χ1n) is 4.74. The predicted octanol–water partition coefficient (Wildman–Crippen LogP) is -0.0832. The number of carbonyl (C=O) groups excluding carboxylic acids is 1. The molecule has 0 aromatic heterocycles. The van der Waals surface area contributed by atoms with E-state index < -0.39 is 10.0 Å². The van der Waals surface area contributed by atoms with Crippen LogP contribution in [0.4, 0.5) is 0 Å². The third-order valence-electron chi connectivity index (χ3n) is 1.71. The van der Waals surface area contributed by atoms with E-state index >= 15 is 0 Å². The van der Waals surface area contributed by atoms with Crippen molar-refractivity contribution in [2.24, 2.45) is 5.92 Å². The van der Waals surface area contributed by atoms with Crippen LogP contribution < -0.4 is 10.0 Å². The van der Waals surface area contributed by atoms with Crippen LogP contribution in [0, 0.1) is 5.92 Å². The van der Waals surface area contributed by atoms with Crippen LogP contribution in [0.3, 0.4) is 0 Å². The molecule has 5 nitrogen and oxygen atoms in total. The number of hydrogen-bond acceptors (Lipinski definition) is 3. The van der Waals surface area contributed by atoms with Crippen molar-refractivity contribution in [1.29, 1.82) is 0 Å². The van der Waals surface area contributed by atoms with Crippen LogP contribution in [0.25, 0.3) is 0 Å². The zero-order valence-corrected chi connectivity index (χ0v) is 10.5. The quantitative estimate of drug-likeness (QED) is 0.626.